The Morgan fingerprint density at radius 2 is 2.24 bits per heavy atom. The van der Waals surface area contributed by atoms with Crippen molar-refractivity contribution in [1.29, 1.82) is 0 Å². The number of amides is 1. The molecular formula is C17H25NO3. The Labute approximate surface area is 126 Å². The predicted molar refractivity (Wildman–Crippen MR) is 82.7 cm³/mol. The van der Waals surface area contributed by atoms with Gasteiger partial charge in [0, 0.05) is 30.0 Å². The van der Waals surface area contributed by atoms with Gasteiger partial charge in [-0.05, 0) is 32.4 Å². The average molecular weight is 291 g/mol. The second-order valence-corrected chi connectivity index (χ2v) is 5.66. The molecule has 0 saturated carbocycles. The minimum absolute atomic E-state index is 0.0336. The van der Waals surface area contributed by atoms with Gasteiger partial charge in [0.2, 0.25) is 5.91 Å². The molecule has 1 aliphatic heterocycles. The van der Waals surface area contributed by atoms with E-state index >= 15 is 0 Å². The lowest BCUT2D eigenvalue weighted by Gasteiger charge is -2.15. The third kappa shape index (κ3) is 3.69. The normalized spacial score (nSPS) is 17.8. The molecule has 2 rings (SSSR count). The first kappa shape index (κ1) is 15.7. The maximum absolute atomic E-state index is 11.9. The third-order valence-corrected chi connectivity index (χ3v) is 3.89. The van der Waals surface area contributed by atoms with Gasteiger partial charge in [-0.15, -0.1) is 0 Å². The molecule has 1 aromatic carbocycles. The fourth-order valence-corrected chi connectivity index (χ4v) is 2.45. The van der Waals surface area contributed by atoms with Gasteiger partial charge in [-0.25, -0.2) is 0 Å². The first-order valence-corrected chi connectivity index (χ1v) is 7.78. The number of hydrogen-bond donors (Lipinski definition) is 1. The van der Waals surface area contributed by atoms with E-state index in [9.17, 15) is 4.79 Å². The molecule has 0 radical (unpaired) electrons. The van der Waals surface area contributed by atoms with Crippen LogP contribution in [0.3, 0.4) is 0 Å². The SMILES string of the molecule is CCOc1cc2c(cc1CNC(=O)[C@H](C)CC)O[C@@H](C)C2. The molecule has 4 nitrogen and oxygen atoms in total. The summed E-state index contributed by atoms with van der Waals surface area (Å²) in [6.45, 7) is 9.07. The van der Waals surface area contributed by atoms with Crippen molar-refractivity contribution in [3.8, 4) is 11.5 Å². The number of fused-ring (bicyclic) bond motifs is 1. The lowest BCUT2D eigenvalue weighted by molar-refractivity contribution is -0.124. The van der Waals surface area contributed by atoms with Crippen LogP contribution in [0.15, 0.2) is 12.1 Å². The molecule has 0 spiro atoms. The Balaban J connectivity index is 2.14. The molecule has 4 heteroatoms. The molecule has 1 N–H and O–H groups in total. The summed E-state index contributed by atoms with van der Waals surface area (Å²) in [4.78, 5) is 11.9. The van der Waals surface area contributed by atoms with Gasteiger partial charge < -0.3 is 14.8 Å². The van der Waals surface area contributed by atoms with Crippen LogP contribution in [0.4, 0.5) is 0 Å². The van der Waals surface area contributed by atoms with Crippen molar-refractivity contribution in [3.63, 3.8) is 0 Å². The zero-order chi connectivity index (χ0) is 15.4. The van der Waals surface area contributed by atoms with Crippen LogP contribution >= 0.6 is 0 Å². The number of rotatable bonds is 6. The molecule has 0 saturated heterocycles. The first-order chi connectivity index (χ1) is 10.0. The number of nitrogens with one attached hydrogen (secondary N) is 1. The van der Waals surface area contributed by atoms with E-state index in [1.165, 1.54) is 5.56 Å². The lowest BCUT2D eigenvalue weighted by Crippen LogP contribution is -2.28. The van der Waals surface area contributed by atoms with Crippen LogP contribution < -0.4 is 14.8 Å². The van der Waals surface area contributed by atoms with Crippen molar-refractivity contribution < 1.29 is 14.3 Å². The summed E-state index contributed by atoms with van der Waals surface area (Å²) in [7, 11) is 0. The molecule has 21 heavy (non-hydrogen) atoms. The van der Waals surface area contributed by atoms with Gasteiger partial charge in [-0.3, -0.25) is 4.79 Å². The smallest absolute Gasteiger partial charge is 0.223 e. The molecular weight excluding hydrogens is 266 g/mol. The Morgan fingerprint density at radius 3 is 2.90 bits per heavy atom. The minimum Gasteiger partial charge on any atom is -0.494 e. The van der Waals surface area contributed by atoms with Gasteiger partial charge in [0.25, 0.3) is 0 Å². The number of carbonyl (C=O) groups excluding carboxylic acids is 1. The van der Waals surface area contributed by atoms with Crippen LogP contribution in [0.1, 0.15) is 45.2 Å². The van der Waals surface area contributed by atoms with E-state index in [-0.39, 0.29) is 17.9 Å². The fourth-order valence-electron chi connectivity index (χ4n) is 2.45. The second kappa shape index (κ2) is 6.83. The zero-order valence-corrected chi connectivity index (χ0v) is 13.4. The number of benzene rings is 1. The average Bonchev–Trinajstić information content (AvgIpc) is 2.82. The van der Waals surface area contributed by atoms with Gasteiger partial charge >= 0.3 is 0 Å². The highest BCUT2D eigenvalue weighted by atomic mass is 16.5. The third-order valence-electron chi connectivity index (χ3n) is 3.89. The number of hydrogen-bond acceptors (Lipinski definition) is 3. The summed E-state index contributed by atoms with van der Waals surface area (Å²) in [5.74, 6) is 1.87. The Morgan fingerprint density at radius 1 is 1.48 bits per heavy atom. The van der Waals surface area contributed by atoms with Gasteiger partial charge in [-0.2, -0.15) is 0 Å². The van der Waals surface area contributed by atoms with Gasteiger partial charge in [0.05, 0.1) is 6.61 Å². The molecule has 1 heterocycles. The van der Waals surface area contributed by atoms with E-state index in [0.717, 1.165) is 29.9 Å². The molecule has 2 atom stereocenters. The Bertz CT molecular complexity index is 513. The highest BCUT2D eigenvalue weighted by molar-refractivity contribution is 5.78. The summed E-state index contributed by atoms with van der Waals surface area (Å²) in [5, 5.41) is 2.98. The van der Waals surface area contributed by atoms with Crippen molar-refractivity contribution in [1.82, 2.24) is 5.32 Å². The topological polar surface area (TPSA) is 47.6 Å². The minimum atomic E-state index is 0.0336. The van der Waals surface area contributed by atoms with Crippen LogP contribution in [-0.2, 0) is 17.8 Å². The number of carbonyl (C=O) groups is 1. The van der Waals surface area contributed by atoms with E-state index in [1.807, 2.05) is 32.9 Å². The molecule has 0 bridgehead atoms. The highest BCUT2D eigenvalue weighted by Crippen LogP contribution is 2.35. The van der Waals surface area contributed by atoms with Crippen LogP contribution in [0.2, 0.25) is 0 Å². The molecule has 0 fully saturated rings. The molecule has 0 aromatic heterocycles. The summed E-state index contributed by atoms with van der Waals surface area (Å²) in [5.41, 5.74) is 2.16. The van der Waals surface area contributed by atoms with E-state index < -0.39 is 0 Å². The van der Waals surface area contributed by atoms with Crippen LogP contribution in [-0.4, -0.2) is 18.6 Å². The Kier molecular flexibility index (Phi) is 5.10. The van der Waals surface area contributed by atoms with Crippen molar-refractivity contribution in [2.75, 3.05) is 6.61 Å². The quantitative estimate of drug-likeness (QED) is 0.876. The monoisotopic (exact) mass is 291 g/mol. The molecule has 1 aromatic rings. The standard InChI is InChI=1S/C17H25NO3/c1-5-11(3)17(19)18-10-14-9-16-13(7-12(4)21-16)8-15(14)20-6-2/h8-9,11-12H,5-7,10H2,1-4H3,(H,18,19)/t11-,12+/m1/s1. The van der Waals surface area contributed by atoms with E-state index in [0.29, 0.717) is 13.2 Å². The fraction of sp³-hybridized carbons (Fsp3) is 0.588. The van der Waals surface area contributed by atoms with Crippen LogP contribution in [0.25, 0.3) is 0 Å². The summed E-state index contributed by atoms with van der Waals surface area (Å²) < 4.78 is 11.5. The first-order valence-electron chi connectivity index (χ1n) is 7.78. The second-order valence-electron chi connectivity index (χ2n) is 5.66. The zero-order valence-electron chi connectivity index (χ0n) is 13.4. The maximum Gasteiger partial charge on any atom is 0.223 e. The summed E-state index contributed by atoms with van der Waals surface area (Å²) >= 11 is 0. The molecule has 1 amide bonds. The molecule has 0 unspecified atom stereocenters. The largest absolute Gasteiger partial charge is 0.494 e. The van der Waals surface area contributed by atoms with Crippen molar-refractivity contribution >= 4 is 5.91 Å². The summed E-state index contributed by atoms with van der Waals surface area (Å²) in [6.07, 6.45) is 1.96. The van der Waals surface area contributed by atoms with E-state index in [4.69, 9.17) is 9.47 Å². The van der Waals surface area contributed by atoms with E-state index in [2.05, 4.69) is 12.2 Å². The molecule has 116 valence electrons. The van der Waals surface area contributed by atoms with Gasteiger partial charge in [0.1, 0.15) is 17.6 Å². The van der Waals surface area contributed by atoms with Crippen LogP contribution in [0.5, 0.6) is 11.5 Å². The maximum atomic E-state index is 11.9. The van der Waals surface area contributed by atoms with Crippen molar-refractivity contribution in [3.05, 3.63) is 23.3 Å². The number of ether oxygens (including phenoxy) is 2. The molecule has 1 aliphatic rings. The lowest BCUT2D eigenvalue weighted by atomic mass is 10.1. The van der Waals surface area contributed by atoms with E-state index in [1.54, 1.807) is 0 Å². The Hall–Kier alpha value is -1.71. The highest BCUT2D eigenvalue weighted by Gasteiger charge is 2.22. The van der Waals surface area contributed by atoms with Gasteiger partial charge in [0.15, 0.2) is 0 Å². The van der Waals surface area contributed by atoms with Gasteiger partial charge in [-0.1, -0.05) is 13.8 Å². The van der Waals surface area contributed by atoms with Crippen LogP contribution in [0, 0.1) is 5.92 Å². The summed E-state index contributed by atoms with van der Waals surface area (Å²) in [6, 6.07) is 4.05. The van der Waals surface area contributed by atoms with Crippen molar-refractivity contribution in [2.24, 2.45) is 5.92 Å². The van der Waals surface area contributed by atoms with Crippen molar-refractivity contribution in [2.45, 2.75) is 53.2 Å². The molecule has 0 aliphatic carbocycles. The predicted octanol–water partition coefficient (Wildman–Crippen LogP) is 3.07.